The normalized spacial score (nSPS) is 11.3. The lowest BCUT2D eigenvalue weighted by molar-refractivity contribution is 1.28. The van der Waals surface area contributed by atoms with Gasteiger partial charge in [-0.2, -0.15) is 0 Å². The minimum Gasteiger partial charge on any atom is -0.311 e. The highest BCUT2D eigenvalue weighted by atomic mass is 32.1. The van der Waals surface area contributed by atoms with Crippen LogP contribution in [0.4, 0.5) is 17.1 Å². The molecular formula is C40H27NS2. The van der Waals surface area contributed by atoms with Gasteiger partial charge in [0.15, 0.2) is 0 Å². The second-order valence-corrected chi connectivity index (χ2v) is 12.8. The molecular weight excluding hydrogens is 559 g/mol. The molecule has 2 aromatic heterocycles. The van der Waals surface area contributed by atoms with Gasteiger partial charge in [0.1, 0.15) is 0 Å². The minimum absolute atomic E-state index is 1.13. The van der Waals surface area contributed by atoms with Crippen LogP contribution >= 0.6 is 22.7 Å². The van der Waals surface area contributed by atoms with E-state index in [0.29, 0.717) is 0 Å². The molecule has 0 saturated heterocycles. The van der Waals surface area contributed by atoms with Crippen LogP contribution in [0.2, 0.25) is 0 Å². The molecule has 0 saturated carbocycles. The van der Waals surface area contributed by atoms with Crippen LogP contribution in [-0.4, -0.2) is 0 Å². The molecule has 0 bridgehead atoms. The maximum Gasteiger partial charge on any atom is 0.0462 e. The third-order valence-electron chi connectivity index (χ3n) is 7.90. The largest absolute Gasteiger partial charge is 0.311 e. The van der Waals surface area contributed by atoms with Gasteiger partial charge in [0.25, 0.3) is 0 Å². The Hall–Kier alpha value is -4.96. The smallest absolute Gasteiger partial charge is 0.0462 e. The summed E-state index contributed by atoms with van der Waals surface area (Å²) in [6, 6.07) is 59.2. The Kier molecular flexibility index (Phi) is 6.60. The molecule has 0 spiro atoms. The Bertz CT molecular complexity index is 1970. The van der Waals surface area contributed by atoms with Crippen molar-refractivity contribution in [2.75, 3.05) is 4.90 Å². The molecule has 0 N–H and O–H groups in total. The SMILES string of the molecule is c1ccc(-c2ccc(N(c3ccc(-c4cc5ccccc5s4)cc3)c3ccc(-c4cc5ccccc5s4)cc3)cc2)cc1. The predicted molar refractivity (Wildman–Crippen MR) is 188 cm³/mol. The minimum atomic E-state index is 1.13. The molecule has 0 amide bonds. The van der Waals surface area contributed by atoms with Crippen LogP contribution in [0.1, 0.15) is 0 Å². The quantitative estimate of drug-likeness (QED) is 0.188. The zero-order valence-electron chi connectivity index (χ0n) is 23.4. The molecule has 0 atom stereocenters. The van der Waals surface area contributed by atoms with Gasteiger partial charge in [0.2, 0.25) is 0 Å². The number of nitrogens with zero attached hydrogens (tertiary/aromatic N) is 1. The Morgan fingerprint density at radius 3 is 1.14 bits per heavy atom. The first kappa shape index (κ1) is 25.7. The fraction of sp³-hybridized carbons (Fsp3) is 0. The van der Waals surface area contributed by atoms with Gasteiger partial charge in [0, 0.05) is 36.2 Å². The fourth-order valence-corrected chi connectivity index (χ4v) is 7.81. The van der Waals surface area contributed by atoms with Crippen molar-refractivity contribution in [1.29, 1.82) is 0 Å². The summed E-state index contributed by atoms with van der Waals surface area (Å²) in [5.74, 6) is 0. The highest BCUT2D eigenvalue weighted by Gasteiger charge is 2.15. The van der Waals surface area contributed by atoms with Crippen LogP contribution in [0.25, 0.3) is 52.2 Å². The first-order valence-electron chi connectivity index (χ1n) is 14.4. The molecule has 2 heterocycles. The van der Waals surface area contributed by atoms with Crippen molar-refractivity contribution in [2.45, 2.75) is 0 Å². The number of hydrogen-bond acceptors (Lipinski definition) is 3. The molecule has 0 aliphatic carbocycles. The van der Waals surface area contributed by atoms with Gasteiger partial charge < -0.3 is 4.90 Å². The molecule has 8 rings (SSSR count). The average Bonchev–Trinajstić information content (AvgIpc) is 3.71. The Balaban J connectivity index is 1.17. The van der Waals surface area contributed by atoms with Gasteiger partial charge >= 0.3 is 0 Å². The first-order chi connectivity index (χ1) is 21.3. The molecule has 6 aromatic carbocycles. The first-order valence-corrected chi connectivity index (χ1v) is 16.1. The Labute approximate surface area is 259 Å². The predicted octanol–water partition coefficient (Wildman–Crippen LogP) is 12.6. The molecule has 204 valence electrons. The summed E-state index contributed by atoms with van der Waals surface area (Å²) in [5.41, 5.74) is 8.31. The zero-order valence-corrected chi connectivity index (χ0v) is 25.0. The summed E-state index contributed by atoms with van der Waals surface area (Å²) in [5, 5.41) is 2.59. The summed E-state index contributed by atoms with van der Waals surface area (Å²) in [6.45, 7) is 0. The summed E-state index contributed by atoms with van der Waals surface area (Å²) in [4.78, 5) is 4.93. The van der Waals surface area contributed by atoms with E-state index < -0.39 is 0 Å². The number of thiophene rings is 2. The van der Waals surface area contributed by atoms with E-state index in [2.05, 4.69) is 169 Å². The van der Waals surface area contributed by atoms with E-state index in [4.69, 9.17) is 0 Å². The lowest BCUT2D eigenvalue weighted by atomic mass is 10.0. The van der Waals surface area contributed by atoms with Crippen LogP contribution in [-0.2, 0) is 0 Å². The van der Waals surface area contributed by atoms with Crippen molar-refractivity contribution < 1.29 is 0 Å². The number of benzene rings is 6. The summed E-state index contributed by atoms with van der Waals surface area (Å²) < 4.78 is 2.64. The second-order valence-electron chi connectivity index (χ2n) is 10.6. The van der Waals surface area contributed by atoms with Crippen molar-refractivity contribution in [2.24, 2.45) is 0 Å². The number of anilines is 3. The van der Waals surface area contributed by atoms with Crippen molar-refractivity contribution in [3.8, 4) is 32.0 Å². The third kappa shape index (κ3) is 5.03. The van der Waals surface area contributed by atoms with Crippen molar-refractivity contribution >= 4 is 59.9 Å². The van der Waals surface area contributed by atoms with Crippen LogP contribution in [0.15, 0.2) is 164 Å². The van der Waals surface area contributed by atoms with Gasteiger partial charge in [-0.15, -0.1) is 22.7 Å². The number of rotatable bonds is 6. The van der Waals surface area contributed by atoms with E-state index in [-0.39, 0.29) is 0 Å². The number of fused-ring (bicyclic) bond motifs is 2. The lowest BCUT2D eigenvalue weighted by Crippen LogP contribution is -2.09. The average molecular weight is 586 g/mol. The summed E-state index contributed by atoms with van der Waals surface area (Å²) in [7, 11) is 0. The van der Waals surface area contributed by atoms with Crippen LogP contribution in [0.3, 0.4) is 0 Å². The van der Waals surface area contributed by atoms with Gasteiger partial charge in [-0.1, -0.05) is 103 Å². The van der Waals surface area contributed by atoms with Gasteiger partial charge in [-0.05, 0) is 93.7 Å². The van der Waals surface area contributed by atoms with E-state index in [9.17, 15) is 0 Å². The molecule has 3 heteroatoms. The standard InChI is InChI=1S/C40H27NS2/c1-2-8-28(9-3-1)29-14-20-34(21-15-29)41(35-22-16-30(17-23-35)39-26-32-10-4-6-12-37(32)42-39)36-24-18-31(19-25-36)40-27-33-11-5-7-13-38(33)43-40/h1-27H. The van der Waals surface area contributed by atoms with E-state index in [0.717, 1.165) is 17.1 Å². The van der Waals surface area contributed by atoms with E-state index >= 15 is 0 Å². The van der Waals surface area contributed by atoms with Crippen molar-refractivity contribution in [3.63, 3.8) is 0 Å². The zero-order chi connectivity index (χ0) is 28.6. The van der Waals surface area contributed by atoms with E-state index in [1.54, 1.807) is 0 Å². The highest BCUT2D eigenvalue weighted by Crippen LogP contribution is 2.40. The fourth-order valence-electron chi connectivity index (χ4n) is 5.68. The summed E-state index contributed by atoms with van der Waals surface area (Å²) in [6.07, 6.45) is 0. The number of hydrogen-bond donors (Lipinski definition) is 0. The van der Waals surface area contributed by atoms with Gasteiger partial charge in [0.05, 0.1) is 0 Å². The highest BCUT2D eigenvalue weighted by molar-refractivity contribution is 7.22. The molecule has 8 aromatic rings. The van der Waals surface area contributed by atoms with E-state index in [1.807, 2.05) is 22.7 Å². The molecule has 0 unspecified atom stereocenters. The monoisotopic (exact) mass is 585 g/mol. The molecule has 0 aliphatic heterocycles. The topological polar surface area (TPSA) is 3.24 Å². The molecule has 0 aliphatic rings. The lowest BCUT2D eigenvalue weighted by Gasteiger charge is -2.26. The van der Waals surface area contributed by atoms with Gasteiger partial charge in [-0.25, -0.2) is 0 Å². The Morgan fingerprint density at radius 2 is 0.698 bits per heavy atom. The van der Waals surface area contributed by atoms with E-state index in [1.165, 1.54) is 52.2 Å². The third-order valence-corrected chi connectivity index (χ3v) is 10.2. The summed E-state index contributed by atoms with van der Waals surface area (Å²) >= 11 is 3.69. The molecule has 1 nitrogen and oxygen atoms in total. The molecule has 0 fully saturated rings. The molecule has 43 heavy (non-hydrogen) atoms. The maximum absolute atomic E-state index is 2.35. The van der Waals surface area contributed by atoms with Crippen LogP contribution in [0.5, 0.6) is 0 Å². The van der Waals surface area contributed by atoms with Gasteiger partial charge in [-0.3, -0.25) is 0 Å². The second kappa shape index (κ2) is 11.0. The van der Waals surface area contributed by atoms with Crippen LogP contribution in [0, 0.1) is 0 Å². The Morgan fingerprint density at radius 1 is 0.326 bits per heavy atom. The van der Waals surface area contributed by atoms with Crippen LogP contribution < -0.4 is 4.90 Å². The van der Waals surface area contributed by atoms with Crippen molar-refractivity contribution in [1.82, 2.24) is 0 Å². The maximum atomic E-state index is 2.35. The molecule has 0 radical (unpaired) electrons. The van der Waals surface area contributed by atoms with Crippen molar-refractivity contribution in [3.05, 3.63) is 164 Å².